The van der Waals surface area contributed by atoms with Crippen molar-refractivity contribution in [2.24, 2.45) is 0 Å². The largest absolute Gasteiger partial charge is 0.441 e. The molecule has 2 aromatic carbocycles. The topological polar surface area (TPSA) is 55.1 Å². The molecule has 1 atom stereocenters. The third-order valence-corrected chi connectivity index (χ3v) is 5.71. The summed E-state index contributed by atoms with van der Waals surface area (Å²) in [7, 11) is 0. The van der Waals surface area contributed by atoms with E-state index in [4.69, 9.17) is 4.42 Å². The summed E-state index contributed by atoms with van der Waals surface area (Å²) < 4.78 is 19.3. The van der Waals surface area contributed by atoms with E-state index in [-0.39, 0.29) is 24.2 Å². The summed E-state index contributed by atoms with van der Waals surface area (Å²) in [6, 6.07) is 14.2. The number of amides is 1. The summed E-state index contributed by atoms with van der Waals surface area (Å²) in [4.78, 5) is 18.1. The minimum Gasteiger partial charge on any atom is -0.441 e. The standard InChI is InChI=1S/C21H19FN2O2S/c1-13-18(24-21(26-13)14-5-3-2-4-6-14)12-20(25)23-17-9-10-27-19-8-7-15(22)11-16(17)19/h2-8,11,17H,9-10,12H2,1H3,(H,23,25). The molecule has 27 heavy (non-hydrogen) atoms. The summed E-state index contributed by atoms with van der Waals surface area (Å²) >= 11 is 1.69. The quantitative estimate of drug-likeness (QED) is 0.712. The predicted molar refractivity (Wildman–Crippen MR) is 103 cm³/mol. The van der Waals surface area contributed by atoms with E-state index >= 15 is 0 Å². The van der Waals surface area contributed by atoms with Crippen molar-refractivity contribution >= 4 is 17.7 Å². The number of nitrogens with zero attached hydrogens (tertiary/aromatic N) is 1. The smallest absolute Gasteiger partial charge is 0.226 e. The Hall–Kier alpha value is -2.60. The van der Waals surface area contributed by atoms with Gasteiger partial charge in [-0.3, -0.25) is 4.79 Å². The number of fused-ring (bicyclic) bond motifs is 1. The predicted octanol–water partition coefficient (Wildman–Crippen LogP) is 4.68. The van der Waals surface area contributed by atoms with Crippen molar-refractivity contribution in [2.75, 3.05) is 5.75 Å². The van der Waals surface area contributed by atoms with E-state index in [1.54, 1.807) is 17.8 Å². The lowest BCUT2D eigenvalue weighted by molar-refractivity contribution is -0.121. The number of carbonyl (C=O) groups is 1. The summed E-state index contributed by atoms with van der Waals surface area (Å²) in [5, 5.41) is 3.03. The van der Waals surface area contributed by atoms with Crippen molar-refractivity contribution < 1.29 is 13.6 Å². The van der Waals surface area contributed by atoms with Gasteiger partial charge in [0.15, 0.2) is 0 Å². The minimum absolute atomic E-state index is 0.135. The molecule has 4 rings (SSSR count). The fourth-order valence-corrected chi connectivity index (χ4v) is 4.31. The number of rotatable bonds is 4. The molecule has 1 amide bonds. The highest BCUT2D eigenvalue weighted by Crippen LogP contribution is 2.36. The average Bonchev–Trinajstić information content (AvgIpc) is 3.03. The van der Waals surface area contributed by atoms with E-state index < -0.39 is 0 Å². The number of hydrogen-bond donors (Lipinski definition) is 1. The molecule has 0 bridgehead atoms. The number of nitrogens with one attached hydrogen (secondary N) is 1. The number of halogens is 1. The lowest BCUT2D eigenvalue weighted by atomic mass is 10.0. The SMILES string of the molecule is Cc1oc(-c2ccccc2)nc1CC(=O)NC1CCSc2ccc(F)cc21. The van der Waals surface area contributed by atoms with Crippen molar-refractivity contribution in [3.63, 3.8) is 0 Å². The molecule has 1 aliphatic rings. The van der Waals surface area contributed by atoms with Crippen LogP contribution in [0.5, 0.6) is 0 Å². The van der Waals surface area contributed by atoms with Gasteiger partial charge in [0, 0.05) is 16.2 Å². The molecule has 1 aliphatic heterocycles. The number of hydrogen-bond acceptors (Lipinski definition) is 4. The van der Waals surface area contributed by atoms with Gasteiger partial charge in [0.1, 0.15) is 11.6 Å². The third-order valence-electron chi connectivity index (χ3n) is 4.59. The molecule has 0 saturated heterocycles. The van der Waals surface area contributed by atoms with Crippen LogP contribution in [0.3, 0.4) is 0 Å². The van der Waals surface area contributed by atoms with Crippen LogP contribution in [0.25, 0.3) is 11.5 Å². The molecule has 2 heterocycles. The summed E-state index contributed by atoms with van der Waals surface area (Å²) in [6.45, 7) is 1.81. The number of benzene rings is 2. The highest BCUT2D eigenvalue weighted by Gasteiger charge is 2.24. The van der Waals surface area contributed by atoms with Gasteiger partial charge in [-0.2, -0.15) is 0 Å². The van der Waals surface area contributed by atoms with E-state index in [0.717, 1.165) is 28.2 Å². The van der Waals surface area contributed by atoms with Crippen LogP contribution < -0.4 is 5.32 Å². The maximum Gasteiger partial charge on any atom is 0.226 e. The van der Waals surface area contributed by atoms with Crippen molar-refractivity contribution in [3.8, 4) is 11.5 Å². The van der Waals surface area contributed by atoms with Gasteiger partial charge in [-0.15, -0.1) is 11.8 Å². The van der Waals surface area contributed by atoms with Crippen LogP contribution in [0.4, 0.5) is 4.39 Å². The van der Waals surface area contributed by atoms with Crippen molar-refractivity contribution in [1.29, 1.82) is 0 Å². The van der Waals surface area contributed by atoms with Gasteiger partial charge >= 0.3 is 0 Å². The van der Waals surface area contributed by atoms with E-state index in [9.17, 15) is 9.18 Å². The zero-order valence-corrected chi connectivity index (χ0v) is 15.7. The van der Waals surface area contributed by atoms with Crippen molar-refractivity contribution in [2.45, 2.75) is 30.7 Å². The minimum atomic E-state index is -0.282. The van der Waals surface area contributed by atoms with Gasteiger partial charge in [0.25, 0.3) is 0 Å². The molecule has 6 heteroatoms. The maximum atomic E-state index is 13.6. The number of oxazole rings is 1. The molecule has 0 saturated carbocycles. The Morgan fingerprint density at radius 2 is 2.11 bits per heavy atom. The number of aromatic nitrogens is 1. The third kappa shape index (κ3) is 3.90. The second kappa shape index (κ2) is 7.56. The highest BCUT2D eigenvalue weighted by atomic mass is 32.2. The number of carbonyl (C=O) groups excluding carboxylic acids is 1. The Kier molecular flexibility index (Phi) is 4.99. The van der Waals surface area contributed by atoms with Gasteiger partial charge in [-0.1, -0.05) is 18.2 Å². The Balaban J connectivity index is 1.48. The monoisotopic (exact) mass is 382 g/mol. The molecule has 0 fully saturated rings. The highest BCUT2D eigenvalue weighted by molar-refractivity contribution is 7.99. The van der Waals surface area contributed by atoms with Gasteiger partial charge < -0.3 is 9.73 Å². The number of aryl methyl sites for hydroxylation is 1. The maximum absolute atomic E-state index is 13.6. The van der Waals surface area contributed by atoms with Gasteiger partial charge in [0.2, 0.25) is 11.8 Å². The molecule has 0 spiro atoms. The molecule has 4 nitrogen and oxygen atoms in total. The fraction of sp³-hybridized carbons (Fsp3) is 0.238. The van der Waals surface area contributed by atoms with Crippen molar-refractivity contribution in [1.82, 2.24) is 10.3 Å². The molecule has 0 aliphatic carbocycles. The lowest BCUT2D eigenvalue weighted by Crippen LogP contribution is -2.32. The first-order chi connectivity index (χ1) is 13.1. The van der Waals surface area contributed by atoms with E-state index in [1.165, 1.54) is 12.1 Å². The first-order valence-electron chi connectivity index (χ1n) is 8.83. The first-order valence-corrected chi connectivity index (χ1v) is 9.82. The molecular weight excluding hydrogens is 363 g/mol. The zero-order chi connectivity index (χ0) is 18.8. The van der Waals surface area contributed by atoms with Crippen LogP contribution in [0.2, 0.25) is 0 Å². The molecule has 3 aromatic rings. The number of thioether (sulfide) groups is 1. The van der Waals surface area contributed by atoms with Gasteiger partial charge in [0.05, 0.1) is 18.2 Å². The van der Waals surface area contributed by atoms with E-state index in [0.29, 0.717) is 17.3 Å². The summed E-state index contributed by atoms with van der Waals surface area (Å²) in [6.07, 6.45) is 0.913. The summed E-state index contributed by atoms with van der Waals surface area (Å²) in [5.41, 5.74) is 2.35. The van der Waals surface area contributed by atoms with Crippen LogP contribution in [-0.4, -0.2) is 16.6 Å². The van der Waals surface area contributed by atoms with Gasteiger partial charge in [-0.05, 0) is 49.2 Å². The molecule has 138 valence electrons. The van der Waals surface area contributed by atoms with Gasteiger partial charge in [-0.25, -0.2) is 9.37 Å². The molecule has 1 unspecified atom stereocenters. The zero-order valence-electron chi connectivity index (χ0n) is 14.9. The average molecular weight is 382 g/mol. The molecule has 1 N–H and O–H groups in total. The van der Waals surface area contributed by atoms with Crippen LogP contribution in [0.1, 0.15) is 29.5 Å². The van der Waals surface area contributed by atoms with Crippen LogP contribution in [-0.2, 0) is 11.2 Å². The Morgan fingerprint density at radius 1 is 1.30 bits per heavy atom. The second-order valence-electron chi connectivity index (χ2n) is 6.50. The fourth-order valence-electron chi connectivity index (χ4n) is 3.21. The molecule has 1 aromatic heterocycles. The van der Waals surface area contributed by atoms with E-state index in [1.807, 2.05) is 37.3 Å². The van der Waals surface area contributed by atoms with Crippen molar-refractivity contribution in [3.05, 3.63) is 71.4 Å². The van der Waals surface area contributed by atoms with Crippen LogP contribution in [0, 0.1) is 12.7 Å². The second-order valence-corrected chi connectivity index (χ2v) is 7.64. The Bertz CT molecular complexity index is 972. The summed E-state index contributed by atoms with van der Waals surface area (Å²) in [5.74, 6) is 1.62. The van der Waals surface area contributed by atoms with Crippen LogP contribution in [0.15, 0.2) is 57.8 Å². The Labute approximate surface area is 161 Å². The van der Waals surface area contributed by atoms with E-state index in [2.05, 4.69) is 10.3 Å². The first kappa shape index (κ1) is 17.8. The Morgan fingerprint density at radius 3 is 2.93 bits per heavy atom. The normalized spacial score (nSPS) is 16.0. The van der Waals surface area contributed by atoms with Crippen LogP contribution >= 0.6 is 11.8 Å². The molecule has 0 radical (unpaired) electrons. The molecular formula is C21H19FN2O2S. The lowest BCUT2D eigenvalue weighted by Gasteiger charge is -2.26.